The lowest BCUT2D eigenvalue weighted by Gasteiger charge is -2.10. The maximum absolute atomic E-state index is 5.15. The first-order chi connectivity index (χ1) is 11.9. The van der Waals surface area contributed by atoms with Gasteiger partial charge in [0, 0.05) is 30.7 Å². The molecule has 0 bridgehead atoms. The number of benzene rings is 1. The Bertz CT molecular complexity index is 726. The summed E-state index contributed by atoms with van der Waals surface area (Å²) in [6, 6.07) is 14.8. The highest BCUT2D eigenvalue weighted by molar-refractivity contribution is 7.99. The molecule has 0 fully saturated rings. The van der Waals surface area contributed by atoms with E-state index in [0.717, 1.165) is 42.7 Å². The van der Waals surface area contributed by atoms with E-state index >= 15 is 0 Å². The fourth-order valence-corrected chi connectivity index (χ4v) is 4.04. The lowest BCUT2D eigenvalue weighted by Crippen LogP contribution is -2.08. The first-order valence-electron chi connectivity index (χ1n) is 7.97. The third kappa shape index (κ3) is 4.69. The van der Waals surface area contributed by atoms with E-state index in [1.54, 1.807) is 30.2 Å². The average Bonchev–Trinajstić information content (AvgIpc) is 3.25. The Morgan fingerprint density at radius 3 is 2.75 bits per heavy atom. The van der Waals surface area contributed by atoms with Crippen LogP contribution in [0, 0.1) is 0 Å². The van der Waals surface area contributed by atoms with Crippen LogP contribution >= 0.6 is 23.1 Å². The van der Waals surface area contributed by atoms with Gasteiger partial charge in [0.2, 0.25) is 0 Å². The fourth-order valence-electron chi connectivity index (χ4n) is 2.45. The number of thiophene rings is 1. The van der Waals surface area contributed by atoms with Gasteiger partial charge < -0.3 is 9.30 Å². The molecule has 3 aromatic rings. The molecule has 4 nitrogen and oxygen atoms in total. The molecule has 24 heavy (non-hydrogen) atoms. The Hall–Kier alpha value is -1.63. The van der Waals surface area contributed by atoms with E-state index in [1.807, 2.05) is 0 Å². The SMILES string of the molecule is COCCSc1nnc(Cc2cccs2)n1CCc1ccccc1. The van der Waals surface area contributed by atoms with E-state index in [0.29, 0.717) is 0 Å². The number of thioether (sulfide) groups is 1. The Kier molecular flexibility index (Phi) is 6.46. The predicted molar refractivity (Wildman–Crippen MR) is 99.9 cm³/mol. The van der Waals surface area contributed by atoms with E-state index in [9.17, 15) is 0 Å². The van der Waals surface area contributed by atoms with E-state index in [4.69, 9.17) is 4.74 Å². The number of aryl methyl sites for hydroxylation is 1. The smallest absolute Gasteiger partial charge is 0.191 e. The molecule has 0 N–H and O–H groups in total. The van der Waals surface area contributed by atoms with E-state index in [1.165, 1.54) is 10.4 Å². The summed E-state index contributed by atoms with van der Waals surface area (Å²) in [5.41, 5.74) is 1.33. The Morgan fingerprint density at radius 1 is 1.12 bits per heavy atom. The van der Waals surface area contributed by atoms with Crippen molar-refractivity contribution in [3.63, 3.8) is 0 Å². The first-order valence-corrected chi connectivity index (χ1v) is 9.83. The van der Waals surface area contributed by atoms with Crippen molar-refractivity contribution in [3.8, 4) is 0 Å². The molecular weight excluding hydrogens is 338 g/mol. The van der Waals surface area contributed by atoms with Crippen LogP contribution in [0.3, 0.4) is 0 Å². The molecule has 0 atom stereocenters. The summed E-state index contributed by atoms with van der Waals surface area (Å²) < 4.78 is 7.41. The molecule has 0 aliphatic heterocycles. The van der Waals surface area contributed by atoms with Crippen LogP contribution in [0.15, 0.2) is 53.0 Å². The molecule has 2 aromatic heterocycles. The third-order valence-electron chi connectivity index (χ3n) is 3.69. The van der Waals surface area contributed by atoms with Crippen molar-refractivity contribution in [3.05, 3.63) is 64.1 Å². The zero-order valence-electron chi connectivity index (χ0n) is 13.7. The van der Waals surface area contributed by atoms with Crippen LogP contribution in [0.2, 0.25) is 0 Å². The van der Waals surface area contributed by atoms with Gasteiger partial charge in [0.15, 0.2) is 5.16 Å². The number of hydrogen-bond donors (Lipinski definition) is 0. The predicted octanol–water partition coefficient (Wildman–Crippen LogP) is 3.91. The molecule has 0 saturated carbocycles. The highest BCUT2D eigenvalue weighted by Crippen LogP contribution is 2.21. The largest absolute Gasteiger partial charge is 0.384 e. The van der Waals surface area contributed by atoms with Crippen LogP contribution in [0.25, 0.3) is 0 Å². The second-order valence-electron chi connectivity index (χ2n) is 5.38. The molecule has 0 aliphatic carbocycles. The zero-order valence-corrected chi connectivity index (χ0v) is 15.4. The van der Waals surface area contributed by atoms with Crippen LogP contribution in [-0.2, 0) is 24.1 Å². The number of hydrogen-bond acceptors (Lipinski definition) is 5. The second kappa shape index (κ2) is 9.01. The van der Waals surface area contributed by atoms with Gasteiger partial charge in [0.05, 0.1) is 6.61 Å². The van der Waals surface area contributed by atoms with Gasteiger partial charge in [-0.15, -0.1) is 21.5 Å². The van der Waals surface area contributed by atoms with Gasteiger partial charge >= 0.3 is 0 Å². The van der Waals surface area contributed by atoms with Crippen LogP contribution < -0.4 is 0 Å². The summed E-state index contributed by atoms with van der Waals surface area (Å²) in [6.07, 6.45) is 1.82. The van der Waals surface area contributed by atoms with Crippen molar-refractivity contribution in [1.82, 2.24) is 14.8 Å². The van der Waals surface area contributed by atoms with Crippen molar-refractivity contribution < 1.29 is 4.74 Å². The fraction of sp³-hybridized carbons (Fsp3) is 0.333. The maximum Gasteiger partial charge on any atom is 0.191 e. The number of aromatic nitrogens is 3. The quantitative estimate of drug-likeness (QED) is 0.429. The maximum atomic E-state index is 5.15. The van der Waals surface area contributed by atoms with Gasteiger partial charge in [0.1, 0.15) is 5.82 Å². The number of nitrogens with zero attached hydrogens (tertiary/aromatic N) is 3. The lowest BCUT2D eigenvalue weighted by atomic mass is 10.1. The van der Waals surface area contributed by atoms with Gasteiger partial charge in [0.25, 0.3) is 0 Å². The van der Waals surface area contributed by atoms with Crippen LogP contribution in [0.4, 0.5) is 0 Å². The van der Waals surface area contributed by atoms with Crippen LogP contribution in [0.5, 0.6) is 0 Å². The summed E-state index contributed by atoms with van der Waals surface area (Å²) in [7, 11) is 1.73. The molecule has 3 rings (SSSR count). The molecule has 0 spiro atoms. The summed E-state index contributed by atoms with van der Waals surface area (Å²) in [6.45, 7) is 1.61. The van der Waals surface area contributed by atoms with Crippen molar-refractivity contribution in [2.75, 3.05) is 19.5 Å². The molecule has 0 unspecified atom stereocenters. The van der Waals surface area contributed by atoms with Crippen molar-refractivity contribution in [2.24, 2.45) is 0 Å². The molecule has 126 valence electrons. The Labute approximate surface area is 150 Å². The average molecular weight is 360 g/mol. The summed E-state index contributed by atoms with van der Waals surface area (Å²) in [5.74, 6) is 1.92. The van der Waals surface area contributed by atoms with Gasteiger partial charge in [-0.25, -0.2) is 0 Å². The molecule has 6 heteroatoms. The van der Waals surface area contributed by atoms with Crippen molar-refractivity contribution >= 4 is 23.1 Å². The molecule has 2 heterocycles. The van der Waals surface area contributed by atoms with Crippen LogP contribution in [-0.4, -0.2) is 34.2 Å². The molecule has 0 amide bonds. The minimum atomic E-state index is 0.719. The van der Waals surface area contributed by atoms with Crippen molar-refractivity contribution in [2.45, 2.75) is 24.5 Å². The summed E-state index contributed by atoms with van der Waals surface area (Å²) in [5, 5.41) is 11.9. The highest BCUT2D eigenvalue weighted by atomic mass is 32.2. The highest BCUT2D eigenvalue weighted by Gasteiger charge is 2.13. The Balaban J connectivity index is 1.74. The van der Waals surface area contributed by atoms with Gasteiger partial charge in [-0.3, -0.25) is 0 Å². The summed E-state index contributed by atoms with van der Waals surface area (Å²) in [4.78, 5) is 1.32. The summed E-state index contributed by atoms with van der Waals surface area (Å²) >= 11 is 3.47. The molecule has 1 aromatic carbocycles. The van der Waals surface area contributed by atoms with E-state index in [2.05, 4.69) is 62.6 Å². The number of ether oxygens (including phenoxy) is 1. The van der Waals surface area contributed by atoms with E-state index in [-0.39, 0.29) is 0 Å². The molecule has 0 aliphatic rings. The normalized spacial score (nSPS) is 11.0. The van der Waals surface area contributed by atoms with E-state index < -0.39 is 0 Å². The molecular formula is C18H21N3OS2. The lowest BCUT2D eigenvalue weighted by molar-refractivity contribution is 0.218. The second-order valence-corrected chi connectivity index (χ2v) is 7.48. The topological polar surface area (TPSA) is 39.9 Å². The third-order valence-corrected chi connectivity index (χ3v) is 5.50. The number of methoxy groups -OCH3 is 1. The molecule has 0 radical (unpaired) electrons. The first kappa shape index (κ1) is 17.2. The number of rotatable bonds is 9. The minimum absolute atomic E-state index is 0.719. The van der Waals surface area contributed by atoms with Gasteiger partial charge in [-0.1, -0.05) is 48.2 Å². The van der Waals surface area contributed by atoms with Crippen LogP contribution in [0.1, 0.15) is 16.3 Å². The van der Waals surface area contributed by atoms with Crippen molar-refractivity contribution in [1.29, 1.82) is 0 Å². The standard InChI is InChI=1S/C18H21N3OS2/c1-22-11-13-24-18-20-19-17(14-16-8-5-12-23-16)21(18)10-9-15-6-3-2-4-7-15/h2-8,12H,9-11,13-14H2,1H3. The molecule has 0 saturated heterocycles. The monoisotopic (exact) mass is 359 g/mol. The van der Waals surface area contributed by atoms with Gasteiger partial charge in [-0.2, -0.15) is 0 Å². The minimum Gasteiger partial charge on any atom is -0.384 e. The zero-order chi connectivity index (χ0) is 16.6. The Morgan fingerprint density at radius 2 is 2.00 bits per heavy atom. The van der Waals surface area contributed by atoms with Gasteiger partial charge in [-0.05, 0) is 23.4 Å².